The van der Waals surface area contributed by atoms with Crippen LogP contribution >= 0.6 is 0 Å². The molecule has 8 heteroatoms. The van der Waals surface area contributed by atoms with Crippen LogP contribution in [0.5, 0.6) is 0 Å². The van der Waals surface area contributed by atoms with Crippen molar-refractivity contribution in [2.45, 2.75) is 76.3 Å². The summed E-state index contributed by atoms with van der Waals surface area (Å²) in [6.45, 7) is 3.60. The molecule has 0 spiro atoms. The molecule has 3 aliphatic rings. The SMILES string of the molecule is C/C1=C\CC/C(CO[C@@H]2O[C@H](CO)[C@@H](O)[C@H](O)[C@H]2O)=C/[C@H]2OC(=O)[C@@H](C)[C@@H]2CC1. The van der Waals surface area contributed by atoms with E-state index in [1.807, 2.05) is 13.0 Å². The highest BCUT2D eigenvalue weighted by Crippen LogP contribution is 2.35. The third-order valence-corrected chi connectivity index (χ3v) is 6.20. The Labute approximate surface area is 170 Å². The number of fused-ring (bicyclic) bond motifs is 1. The molecule has 0 amide bonds. The largest absolute Gasteiger partial charge is 0.458 e. The monoisotopic (exact) mass is 412 g/mol. The molecule has 4 N–H and O–H groups in total. The first-order valence-corrected chi connectivity index (χ1v) is 10.3. The molecular formula is C21H32O8. The second kappa shape index (κ2) is 9.68. The highest BCUT2D eigenvalue weighted by atomic mass is 16.7. The van der Waals surface area contributed by atoms with Gasteiger partial charge in [-0.15, -0.1) is 0 Å². The van der Waals surface area contributed by atoms with Gasteiger partial charge in [-0.05, 0) is 44.3 Å². The summed E-state index contributed by atoms with van der Waals surface area (Å²) in [5.74, 6) is -0.242. The highest BCUT2D eigenvalue weighted by molar-refractivity contribution is 5.75. The third-order valence-electron chi connectivity index (χ3n) is 6.20. The maximum atomic E-state index is 12.1. The number of aliphatic hydroxyl groups excluding tert-OH is 4. The smallest absolute Gasteiger partial charge is 0.309 e. The molecule has 0 aromatic rings. The Morgan fingerprint density at radius 2 is 1.93 bits per heavy atom. The number of carbonyl (C=O) groups excluding carboxylic acids is 1. The Balaban J connectivity index is 1.71. The van der Waals surface area contributed by atoms with Gasteiger partial charge in [-0.1, -0.05) is 18.6 Å². The maximum absolute atomic E-state index is 12.1. The fourth-order valence-corrected chi connectivity index (χ4v) is 4.19. The second-order valence-electron chi connectivity index (χ2n) is 8.32. The number of hydrogen-bond acceptors (Lipinski definition) is 8. The molecule has 0 unspecified atom stereocenters. The fraction of sp³-hybridized carbons (Fsp3) is 0.762. The molecule has 0 aromatic carbocycles. The Hall–Kier alpha value is -1.29. The lowest BCUT2D eigenvalue weighted by molar-refractivity contribution is -0.299. The molecule has 2 aliphatic heterocycles. The number of hydrogen-bond donors (Lipinski definition) is 4. The van der Waals surface area contributed by atoms with Gasteiger partial charge in [0.25, 0.3) is 0 Å². The van der Waals surface area contributed by atoms with Gasteiger partial charge in [0.1, 0.15) is 30.5 Å². The molecule has 1 aliphatic carbocycles. The topological polar surface area (TPSA) is 126 Å². The summed E-state index contributed by atoms with van der Waals surface area (Å²) in [5, 5.41) is 39.2. The predicted octanol–water partition coefficient (Wildman–Crippen LogP) is 0.427. The number of rotatable bonds is 4. The van der Waals surface area contributed by atoms with Crippen LogP contribution in [-0.2, 0) is 19.0 Å². The molecule has 0 saturated carbocycles. The summed E-state index contributed by atoms with van der Waals surface area (Å²) in [5.41, 5.74) is 2.19. The first-order valence-electron chi connectivity index (χ1n) is 10.3. The van der Waals surface area contributed by atoms with Gasteiger partial charge in [0.2, 0.25) is 0 Å². The van der Waals surface area contributed by atoms with E-state index in [9.17, 15) is 25.2 Å². The van der Waals surface area contributed by atoms with Crippen LogP contribution in [0.4, 0.5) is 0 Å². The van der Waals surface area contributed by atoms with Crippen LogP contribution in [0.3, 0.4) is 0 Å². The van der Waals surface area contributed by atoms with Crippen LogP contribution < -0.4 is 0 Å². The Bertz CT molecular complexity index is 643. The Morgan fingerprint density at radius 3 is 2.66 bits per heavy atom. The van der Waals surface area contributed by atoms with E-state index in [0.717, 1.165) is 24.8 Å². The summed E-state index contributed by atoms with van der Waals surface area (Å²) >= 11 is 0. The summed E-state index contributed by atoms with van der Waals surface area (Å²) < 4.78 is 16.7. The van der Waals surface area contributed by atoms with Gasteiger partial charge in [-0.2, -0.15) is 0 Å². The van der Waals surface area contributed by atoms with E-state index in [-0.39, 0.29) is 30.5 Å². The van der Waals surface area contributed by atoms with Crippen molar-refractivity contribution in [3.63, 3.8) is 0 Å². The van der Waals surface area contributed by atoms with Crippen molar-refractivity contribution in [3.05, 3.63) is 23.3 Å². The zero-order valence-electron chi connectivity index (χ0n) is 16.9. The van der Waals surface area contributed by atoms with Gasteiger partial charge >= 0.3 is 5.97 Å². The van der Waals surface area contributed by atoms with E-state index in [2.05, 4.69) is 13.0 Å². The number of aliphatic hydroxyl groups is 4. The molecule has 0 radical (unpaired) electrons. The summed E-state index contributed by atoms with van der Waals surface area (Å²) in [4.78, 5) is 12.1. The van der Waals surface area contributed by atoms with Crippen molar-refractivity contribution in [1.82, 2.24) is 0 Å². The van der Waals surface area contributed by atoms with Crippen molar-refractivity contribution in [3.8, 4) is 0 Å². The summed E-state index contributed by atoms with van der Waals surface area (Å²) in [6.07, 6.45) is 0.609. The van der Waals surface area contributed by atoms with Crippen molar-refractivity contribution in [2.75, 3.05) is 13.2 Å². The molecular weight excluding hydrogens is 380 g/mol. The number of allylic oxidation sites excluding steroid dienone is 2. The number of carbonyl (C=O) groups is 1. The molecule has 164 valence electrons. The molecule has 3 rings (SSSR count). The zero-order chi connectivity index (χ0) is 21.1. The van der Waals surface area contributed by atoms with Crippen LogP contribution in [0.15, 0.2) is 23.3 Å². The van der Waals surface area contributed by atoms with Crippen LogP contribution in [0.2, 0.25) is 0 Å². The molecule has 2 heterocycles. The molecule has 0 bridgehead atoms. The van der Waals surface area contributed by atoms with E-state index < -0.39 is 37.3 Å². The molecule has 2 fully saturated rings. The van der Waals surface area contributed by atoms with Crippen LogP contribution in [0.25, 0.3) is 0 Å². The van der Waals surface area contributed by atoms with E-state index >= 15 is 0 Å². The maximum Gasteiger partial charge on any atom is 0.309 e. The lowest BCUT2D eigenvalue weighted by Gasteiger charge is -2.39. The van der Waals surface area contributed by atoms with E-state index in [1.54, 1.807) is 0 Å². The minimum absolute atomic E-state index is 0.103. The first kappa shape index (κ1) is 22.4. The Kier molecular flexibility index (Phi) is 7.47. The normalized spacial score (nSPS) is 44.8. The van der Waals surface area contributed by atoms with Gasteiger partial charge in [-0.3, -0.25) is 4.79 Å². The summed E-state index contributed by atoms with van der Waals surface area (Å²) in [6, 6.07) is 0. The van der Waals surface area contributed by atoms with Crippen molar-refractivity contribution in [1.29, 1.82) is 0 Å². The van der Waals surface area contributed by atoms with Crippen molar-refractivity contribution < 1.29 is 39.4 Å². The third kappa shape index (κ3) is 5.07. The number of ether oxygens (including phenoxy) is 3. The molecule has 0 aromatic heterocycles. The predicted molar refractivity (Wildman–Crippen MR) is 103 cm³/mol. The molecule has 29 heavy (non-hydrogen) atoms. The van der Waals surface area contributed by atoms with Crippen LogP contribution in [0, 0.1) is 11.8 Å². The average molecular weight is 412 g/mol. The van der Waals surface area contributed by atoms with Crippen molar-refractivity contribution >= 4 is 5.97 Å². The highest BCUT2D eigenvalue weighted by Gasteiger charge is 2.44. The van der Waals surface area contributed by atoms with Crippen molar-refractivity contribution in [2.24, 2.45) is 11.8 Å². The van der Waals surface area contributed by atoms with E-state index in [4.69, 9.17) is 14.2 Å². The molecule has 8 nitrogen and oxygen atoms in total. The van der Waals surface area contributed by atoms with Crippen LogP contribution in [-0.4, -0.2) is 76.4 Å². The minimum Gasteiger partial charge on any atom is -0.458 e. The first-order chi connectivity index (χ1) is 13.8. The average Bonchev–Trinajstić information content (AvgIpc) is 2.96. The Morgan fingerprint density at radius 1 is 1.17 bits per heavy atom. The minimum atomic E-state index is -1.48. The van der Waals surface area contributed by atoms with Gasteiger partial charge in [-0.25, -0.2) is 0 Å². The fourth-order valence-electron chi connectivity index (χ4n) is 4.19. The summed E-state index contributed by atoms with van der Waals surface area (Å²) in [7, 11) is 0. The van der Waals surface area contributed by atoms with E-state index in [0.29, 0.717) is 6.42 Å². The standard InChI is InChI=1S/C21H32O8/c1-11-4-3-5-13(8-15-14(7-6-11)12(2)20(26)28-15)10-27-21-19(25)18(24)17(23)16(9-22)29-21/h4,8,12,14-19,21-25H,3,5-7,9-10H2,1-2H3/b11-4+,13-8-/t12-,14-,15+,16+,17+,18-,19+,21+/m0/s1. The quantitative estimate of drug-likeness (QED) is 0.387. The molecule has 8 atom stereocenters. The number of esters is 1. The van der Waals surface area contributed by atoms with Gasteiger partial charge in [0.15, 0.2) is 6.29 Å². The lowest BCUT2D eigenvalue weighted by Crippen LogP contribution is -2.59. The van der Waals surface area contributed by atoms with Gasteiger partial charge < -0.3 is 34.6 Å². The van der Waals surface area contributed by atoms with Crippen LogP contribution in [0.1, 0.15) is 39.5 Å². The zero-order valence-corrected chi connectivity index (χ0v) is 16.9. The van der Waals surface area contributed by atoms with Gasteiger partial charge in [0.05, 0.1) is 19.1 Å². The lowest BCUT2D eigenvalue weighted by atomic mass is 9.84. The molecule has 2 saturated heterocycles. The second-order valence-corrected chi connectivity index (χ2v) is 8.32. The van der Waals surface area contributed by atoms with Gasteiger partial charge in [0, 0.05) is 5.92 Å². The van der Waals surface area contributed by atoms with E-state index in [1.165, 1.54) is 5.57 Å².